The predicted molar refractivity (Wildman–Crippen MR) is 57.8 cm³/mol. The van der Waals surface area contributed by atoms with E-state index in [1.807, 2.05) is 6.07 Å². The molecular formula is C11H8N4O2. The van der Waals surface area contributed by atoms with Gasteiger partial charge in [-0.2, -0.15) is 10.4 Å². The van der Waals surface area contributed by atoms with Crippen molar-refractivity contribution in [2.24, 2.45) is 0 Å². The van der Waals surface area contributed by atoms with Gasteiger partial charge in [-0.15, -0.1) is 0 Å². The van der Waals surface area contributed by atoms with Gasteiger partial charge in [0.1, 0.15) is 17.3 Å². The zero-order valence-electron chi connectivity index (χ0n) is 8.95. The van der Waals surface area contributed by atoms with Crippen LogP contribution in [0.25, 0.3) is 5.69 Å². The normalized spacial score (nSPS) is 9.88. The summed E-state index contributed by atoms with van der Waals surface area (Å²) in [4.78, 5) is 14.7. The Labute approximate surface area is 96.8 Å². The summed E-state index contributed by atoms with van der Waals surface area (Å²) in [6.07, 6.45) is 2.89. The van der Waals surface area contributed by atoms with E-state index in [9.17, 15) is 4.79 Å². The molecule has 0 saturated heterocycles. The number of aromatic nitrogens is 3. The Morgan fingerprint density at radius 3 is 2.94 bits per heavy atom. The fourth-order valence-electron chi connectivity index (χ4n) is 1.43. The van der Waals surface area contributed by atoms with Crippen LogP contribution in [0.3, 0.4) is 0 Å². The van der Waals surface area contributed by atoms with Gasteiger partial charge in [-0.1, -0.05) is 0 Å². The van der Waals surface area contributed by atoms with Crippen LogP contribution < -0.4 is 0 Å². The maximum atomic E-state index is 10.9. The average Bonchev–Trinajstić information content (AvgIpc) is 2.71. The molecule has 84 valence electrons. The van der Waals surface area contributed by atoms with Crippen LogP contribution in [0.5, 0.6) is 0 Å². The summed E-state index contributed by atoms with van der Waals surface area (Å²) in [6, 6.07) is 5.10. The Balaban J connectivity index is 2.50. The maximum Gasteiger partial charge on any atom is 0.339 e. The minimum Gasteiger partial charge on any atom is -0.478 e. The molecule has 0 radical (unpaired) electrons. The lowest BCUT2D eigenvalue weighted by atomic mass is 10.3. The predicted octanol–water partition coefficient (Wildman–Crippen LogP) is 1.15. The first-order valence-electron chi connectivity index (χ1n) is 4.78. The first-order valence-corrected chi connectivity index (χ1v) is 4.78. The number of aryl methyl sites for hydroxylation is 1. The van der Waals surface area contributed by atoms with Gasteiger partial charge in [-0.25, -0.2) is 14.5 Å². The molecule has 0 unspecified atom stereocenters. The van der Waals surface area contributed by atoms with Crippen molar-refractivity contribution in [3.05, 3.63) is 41.5 Å². The molecule has 0 saturated carbocycles. The highest BCUT2D eigenvalue weighted by molar-refractivity contribution is 5.88. The number of carboxylic acid groups (broad SMARTS) is 1. The highest BCUT2D eigenvalue weighted by Gasteiger charge is 2.12. The summed E-state index contributed by atoms with van der Waals surface area (Å²) >= 11 is 0. The van der Waals surface area contributed by atoms with E-state index in [0.717, 1.165) is 0 Å². The molecule has 0 spiro atoms. The van der Waals surface area contributed by atoms with Crippen LogP contribution in [0.15, 0.2) is 24.5 Å². The molecule has 17 heavy (non-hydrogen) atoms. The van der Waals surface area contributed by atoms with Crippen LogP contribution in [0.4, 0.5) is 0 Å². The molecule has 2 aromatic heterocycles. The molecule has 0 aliphatic heterocycles. The standard InChI is InChI=1S/C11H8N4O2/c1-7-10(11(16)17)6-15(14-7)9-2-3-13-8(4-9)5-12/h2-4,6H,1H3,(H,16,17). The summed E-state index contributed by atoms with van der Waals surface area (Å²) < 4.78 is 1.42. The Hall–Kier alpha value is -2.68. The third kappa shape index (κ3) is 1.99. The van der Waals surface area contributed by atoms with Gasteiger partial charge in [-0.3, -0.25) is 0 Å². The lowest BCUT2D eigenvalue weighted by Gasteiger charge is -1.99. The van der Waals surface area contributed by atoms with Gasteiger partial charge in [0.05, 0.1) is 11.4 Å². The van der Waals surface area contributed by atoms with E-state index >= 15 is 0 Å². The summed E-state index contributed by atoms with van der Waals surface area (Å²) in [5.74, 6) is -1.02. The van der Waals surface area contributed by atoms with Crippen LogP contribution in [0.2, 0.25) is 0 Å². The number of hydrogen-bond donors (Lipinski definition) is 1. The van der Waals surface area contributed by atoms with Crippen molar-refractivity contribution in [2.45, 2.75) is 6.92 Å². The van der Waals surface area contributed by atoms with Crippen LogP contribution in [0.1, 0.15) is 21.7 Å². The van der Waals surface area contributed by atoms with E-state index < -0.39 is 5.97 Å². The highest BCUT2D eigenvalue weighted by atomic mass is 16.4. The fraction of sp³-hybridized carbons (Fsp3) is 0.0909. The number of rotatable bonds is 2. The molecular weight excluding hydrogens is 220 g/mol. The summed E-state index contributed by atoms with van der Waals surface area (Å²) in [6.45, 7) is 1.62. The van der Waals surface area contributed by atoms with Gasteiger partial charge in [0.2, 0.25) is 0 Å². The van der Waals surface area contributed by atoms with Gasteiger partial charge in [-0.05, 0) is 13.0 Å². The molecule has 0 amide bonds. The van der Waals surface area contributed by atoms with Crippen molar-refractivity contribution in [1.82, 2.24) is 14.8 Å². The molecule has 2 rings (SSSR count). The topological polar surface area (TPSA) is 91.8 Å². The highest BCUT2D eigenvalue weighted by Crippen LogP contribution is 2.12. The van der Waals surface area contributed by atoms with Gasteiger partial charge in [0, 0.05) is 18.5 Å². The molecule has 1 N–H and O–H groups in total. The van der Waals surface area contributed by atoms with E-state index in [-0.39, 0.29) is 11.3 Å². The van der Waals surface area contributed by atoms with Crippen molar-refractivity contribution in [3.8, 4) is 11.8 Å². The number of carbonyl (C=O) groups is 1. The van der Waals surface area contributed by atoms with Gasteiger partial charge >= 0.3 is 5.97 Å². The number of hydrogen-bond acceptors (Lipinski definition) is 4. The number of nitriles is 1. The number of carboxylic acids is 1. The van der Waals surface area contributed by atoms with Crippen LogP contribution in [-0.4, -0.2) is 25.8 Å². The quantitative estimate of drug-likeness (QED) is 0.832. The van der Waals surface area contributed by atoms with E-state index in [1.165, 1.54) is 23.1 Å². The second-order valence-corrected chi connectivity index (χ2v) is 3.39. The SMILES string of the molecule is Cc1nn(-c2ccnc(C#N)c2)cc1C(=O)O. The molecule has 0 bridgehead atoms. The lowest BCUT2D eigenvalue weighted by molar-refractivity contribution is 0.0696. The molecule has 6 heteroatoms. The minimum atomic E-state index is -1.02. The van der Waals surface area contributed by atoms with Gasteiger partial charge < -0.3 is 5.11 Å². The Bertz CT molecular complexity index is 625. The third-order valence-electron chi connectivity index (χ3n) is 2.25. The Morgan fingerprint density at radius 1 is 1.59 bits per heavy atom. The van der Waals surface area contributed by atoms with Crippen LogP contribution in [-0.2, 0) is 0 Å². The number of pyridine rings is 1. The summed E-state index contributed by atoms with van der Waals surface area (Å²) in [5, 5.41) is 21.7. The van der Waals surface area contributed by atoms with Gasteiger partial charge in [0.25, 0.3) is 0 Å². The van der Waals surface area contributed by atoms with Crippen LogP contribution in [0, 0.1) is 18.3 Å². The lowest BCUT2D eigenvalue weighted by Crippen LogP contribution is -1.97. The summed E-state index contributed by atoms with van der Waals surface area (Å²) in [5.41, 5.74) is 1.42. The molecule has 0 atom stereocenters. The van der Waals surface area contributed by atoms with Crippen molar-refractivity contribution in [3.63, 3.8) is 0 Å². The number of aromatic carboxylic acids is 1. The van der Waals surface area contributed by atoms with Crippen LogP contribution >= 0.6 is 0 Å². The van der Waals surface area contributed by atoms with E-state index in [4.69, 9.17) is 10.4 Å². The third-order valence-corrected chi connectivity index (χ3v) is 2.25. The molecule has 0 aromatic carbocycles. The largest absolute Gasteiger partial charge is 0.478 e. The van der Waals surface area contributed by atoms with Crippen molar-refractivity contribution in [1.29, 1.82) is 5.26 Å². The van der Waals surface area contributed by atoms with Gasteiger partial charge in [0.15, 0.2) is 0 Å². The van der Waals surface area contributed by atoms with Crippen molar-refractivity contribution in [2.75, 3.05) is 0 Å². The smallest absolute Gasteiger partial charge is 0.339 e. The Kier molecular flexibility index (Phi) is 2.58. The second kappa shape index (κ2) is 4.06. The Morgan fingerprint density at radius 2 is 2.35 bits per heavy atom. The number of nitrogens with zero attached hydrogens (tertiary/aromatic N) is 4. The van der Waals surface area contributed by atoms with E-state index in [1.54, 1.807) is 13.0 Å². The minimum absolute atomic E-state index is 0.139. The van der Waals surface area contributed by atoms with Crippen molar-refractivity contribution < 1.29 is 9.90 Å². The molecule has 0 fully saturated rings. The molecule has 2 aromatic rings. The fourth-order valence-corrected chi connectivity index (χ4v) is 1.43. The zero-order valence-corrected chi connectivity index (χ0v) is 8.95. The molecule has 2 heterocycles. The monoisotopic (exact) mass is 228 g/mol. The molecule has 0 aliphatic carbocycles. The molecule has 6 nitrogen and oxygen atoms in total. The zero-order chi connectivity index (χ0) is 12.4. The first-order chi connectivity index (χ1) is 8.11. The van der Waals surface area contributed by atoms with E-state index in [2.05, 4.69) is 10.1 Å². The second-order valence-electron chi connectivity index (χ2n) is 3.39. The average molecular weight is 228 g/mol. The summed E-state index contributed by atoms with van der Waals surface area (Å²) in [7, 11) is 0. The van der Waals surface area contributed by atoms with E-state index in [0.29, 0.717) is 11.4 Å². The molecule has 0 aliphatic rings. The van der Waals surface area contributed by atoms with Crippen molar-refractivity contribution >= 4 is 5.97 Å². The maximum absolute atomic E-state index is 10.9. The first kappa shape index (κ1) is 10.8.